The Labute approximate surface area is 108 Å². The molecule has 0 aliphatic carbocycles. The van der Waals surface area contributed by atoms with Gasteiger partial charge in [0.1, 0.15) is 0 Å². The monoisotopic (exact) mass is 293 g/mol. The van der Waals surface area contributed by atoms with Crippen LogP contribution in [0.2, 0.25) is 0 Å². The lowest BCUT2D eigenvalue weighted by Gasteiger charge is -2.31. The summed E-state index contributed by atoms with van der Waals surface area (Å²) in [6.07, 6.45) is 3.87. The van der Waals surface area contributed by atoms with Crippen molar-refractivity contribution in [3.8, 4) is 0 Å². The van der Waals surface area contributed by atoms with E-state index in [0.717, 1.165) is 30.9 Å². The average Bonchev–Trinajstić information content (AvgIpc) is 2.34. The molecule has 0 radical (unpaired) electrons. The summed E-state index contributed by atoms with van der Waals surface area (Å²) in [5.74, 6) is 0.850. The van der Waals surface area contributed by atoms with Crippen LogP contribution in [0.25, 0.3) is 0 Å². The van der Waals surface area contributed by atoms with Crippen LogP contribution in [0.1, 0.15) is 19.3 Å². The summed E-state index contributed by atoms with van der Waals surface area (Å²) in [5, 5.41) is 1.15. The van der Waals surface area contributed by atoms with Crippen molar-refractivity contribution in [3.63, 3.8) is 0 Å². The standard InChI is InChI=1S/C12H24BrNO2/c1-15-8-9-16-7-3-6-14-5-2-4-12(10-13)11-14/h12H,2-11H2,1H3. The molecule has 0 bridgehead atoms. The summed E-state index contributed by atoms with van der Waals surface area (Å²) < 4.78 is 10.4. The number of methoxy groups -OCH3 is 1. The van der Waals surface area contributed by atoms with E-state index in [1.54, 1.807) is 7.11 Å². The van der Waals surface area contributed by atoms with Crippen LogP contribution in [0.5, 0.6) is 0 Å². The predicted octanol–water partition coefficient (Wildman–Crippen LogP) is 2.15. The quantitative estimate of drug-likeness (QED) is 0.506. The van der Waals surface area contributed by atoms with Crippen molar-refractivity contribution in [1.29, 1.82) is 0 Å². The third-order valence-corrected chi connectivity index (χ3v) is 3.93. The molecule has 1 fully saturated rings. The second-order valence-corrected chi connectivity index (χ2v) is 5.07. The Morgan fingerprint density at radius 3 is 2.94 bits per heavy atom. The molecule has 0 spiro atoms. The van der Waals surface area contributed by atoms with Crippen LogP contribution in [-0.2, 0) is 9.47 Å². The first-order valence-corrected chi connectivity index (χ1v) is 7.34. The molecule has 0 aromatic heterocycles. The minimum Gasteiger partial charge on any atom is -0.382 e. The van der Waals surface area contributed by atoms with Crippen molar-refractivity contribution >= 4 is 15.9 Å². The van der Waals surface area contributed by atoms with Gasteiger partial charge in [0.15, 0.2) is 0 Å². The lowest BCUT2D eigenvalue weighted by atomic mass is 10.0. The maximum Gasteiger partial charge on any atom is 0.0700 e. The van der Waals surface area contributed by atoms with Gasteiger partial charge in [-0.2, -0.15) is 0 Å². The highest BCUT2D eigenvalue weighted by molar-refractivity contribution is 9.09. The van der Waals surface area contributed by atoms with Crippen molar-refractivity contribution in [1.82, 2.24) is 4.90 Å². The van der Waals surface area contributed by atoms with Gasteiger partial charge in [-0.15, -0.1) is 0 Å². The number of piperidine rings is 1. The first kappa shape index (κ1) is 14.4. The van der Waals surface area contributed by atoms with Crippen LogP contribution in [0.15, 0.2) is 0 Å². The largest absolute Gasteiger partial charge is 0.382 e. The fourth-order valence-electron chi connectivity index (χ4n) is 2.11. The van der Waals surface area contributed by atoms with E-state index in [0.29, 0.717) is 6.61 Å². The molecule has 1 heterocycles. The van der Waals surface area contributed by atoms with Gasteiger partial charge in [-0.1, -0.05) is 15.9 Å². The average molecular weight is 294 g/mol. The topological polar surface area (TPSA) is 21.7 Å². The molecule has 0 aromatic rings. The Hall–Kier alpha value is 0.360. The molecular weight excluding hydrogens is 270 g/mol. The molecular formula is C12H24BrNO2. The second-order valence-electron chi connectivity index (χ2n) is 4.42. The third kappa shape index (κ3) is 6.18. The van der Waals surface area contributed by atoms with Crippen LogP contribution in [-0.4, -0.2) is 56.8 Å². The van der Waals surface area contributed by atoms with E-state index in [2.05, 4.69) is 20.8 Å². The molecule has 0 N–H and O–H groups in total. The number of rotatable bonds is 8. The van der Waals surface area contributed by atoms with Gasteiger partial charge in [0, 0.05) is 32.1 Å². The SMILES string of the molecule is COCCOCCCN1CCCC(CBr)C1. The summed E-state index contributed by atoms with van der Waals surface area (Å²) in [4.78, 5) is 2.56. The van der Waals surface area contributed by atoms with Gasteiger partial charge in [-0.3, -0.25) is 0 Å². The van der Waals surface area contributed by atoms with Crippen LogP contribution in [0, 0.1) is 5.92 Å². The van der Waals surface area contributed by atoms with E-state index in [1.165, 1.54) is 32.5 Å². The molecule has 1 atom stereocenters. The Kier molecular flexibility index (Phi) is 8.47. The molecule has 1 saturated heterocycles. The molecule has 1 rings (SSSR count). The molecule has 0 saturated carbocycles. The lowest BCUT2D eigenvalue weighted by Crippen LogP contribution is -2.37. The third-order valence-electron chi connectivity index (χ3n) is 3.02. The number of halogens is 1. The Balaban J connectivity index is 1.95. The zero-order valence-corrected chi connectivity index (χ0v) is 11.9. The molecule has 1 unspecified atom stereocenters. The Morgan fingerprint density at radius 2 is 2.19 bits per heavy atom. The van der Waals surface area contributed by atoms with Crippen molar-refractivity contribution in [2.45, 2.75) is 19.3 Å². The Bertz CT molecular complexity index is 169. The zero-order chi connectivity index (χ0) is 11.6. The van der Waals surface area contributed by atoms with Crippen LogP contribution in [0.3, 0.4) is 0 Å². The van der Waals surface area contributed by atoms with E-state index in [9.17, 15) is 0 Å². The highest BCUT2D eigenvalue weighted by Gasteiger charge is 2.17. The highest BCUT2D eigenvalue weighted by atomic mass is 79.9. The smallest absolute Gasteiger partial charge is 0.0700 e. The lowest BCUT2D eigenvalue weighted by molar-refractivity contribution is 0.0629. The summed E-state index contributed by atoms with van der Waals surface area (Å²) in [6.45, 7) is 5.98. The van der Waals surface area contributed by atoms with Crippen molar-refractivity contribution in [2.24, 2.45) is 5.92 Å². The predicted molar refractivity (Wildman–Crippen MR) is 70.3 cm³/mol. The number of alkyl halides is 1. The van der Waals surface area contributed by atoms with Gasteiger partial charge in [0.2, 0.25) is 0 Å². The van der Waals surface area contributed by atoms with Gasteiger partial charge in [-0.25, -0.2) is 0 Å². The van der Waals surface area contributed by atoms with Gasteiger partial charge in [0.05, 0.1) is 13.2 Å². The summed E-state index contributed by atoms with van der Waals surface area (Å²) in [6, 6.07) is 0. The minimum absolute atomic E-state index is 0.704. The van der Waals surface area contributed by atoms with E-state index >= 15 is 0 Å². The molecule has 1 aliphatic heterocycles. The van der Waals surface area contributed by atoms with E-state index in [-0.39, 0.29) is 0 Å². The van der Waals surface area contributed by atoms with Gasteiger partial charge >= 0.3 is 0 Å². The van der Waals surface area contributed by atoms with Gasteiger partial charge in [-0.05, 0) is 31.7 Å². The number of ether oxygens (including phenoxy) is 2. The fraction of sp³-hybridized carbons (Fsp3) is 1.00. The first-order chi connectivity index (χ1) is 7.86. The summed E-state index contributed by atoms with van der Waals surface area (Å²) >= 11 is 3.58. The number of hydrogen-bond donors (Lipinski definition) is 0. The molecule has 3 nitrogen and oxygen atoms in total. The number of nitrogens with zero attached hydrogens (tertiary/aromatic N) is 1. The van der Waals surface area contributed by atoms with Gasteiger partial charge < -0.3 is 14.4 Å². The van der Waals surface area contributed by atoms with Crippen LogP contribution < -0.4 is 0 Å². The van der Waals surface area contributed by atoms with Gasteiger partial charge in [0.25, 0.3) is 0 Å². The summed E-state index contributed by atoms with van der Waals surface area (Å²) in [7, 11) is 1.71. The molecule has 0 amide bonds. The Morgan fingerprint density at radius 1 is 1.31 bits per heavy atom. The normalized spacial score (nSPS) is 22.5. The zero-order valence-electron chi connectivity index (χ0n) is 10.3. The molecule has 0 aromatic carbocycles. The van der Waals surface area contributed by atoms with Crippen LogP contribution in [0.4, 0.5) is 0 Å². The summed E-state index contributed by atoms with van der Waals surface area (Å²) in [5.41, 5.74) is 0. The number of hydrogen-bond acceptors (Lipinski definition) is 3. The molecule has 4 heteroatoms. The maximum atomic E-state index is 5.46. The maximum absolute atomic E-state index is 5.46. The molecule has 1 aliphatic rings. The highest BCUT2D eigenvalue weighted by Crippen LogP contribution is 2.18. The van der Waals surface area contributed by atoms with E-state index < -0.39 is 0 Å². The molecule has 16 heavy (non-hydrogen) atoms. The minimum atomic E-state index is 0.704. The van der Waals surface area contributed by atoms with E-state index in [4.69, 9.17) is 9.47 Å². The fourth-order valence-corrected chi connectivity index (χ4v) is 2.64. The molecule has 96 valence electrons. The van der Waals surface area contributed by atoms with Crippen molar-refractivity contribution in [2.75, 3.05) is 51.9 Å². The number of likely N-dealkylation sites (tertiary alicyclic amines) is 1. The van der Waals surface area contributed by atoms with Crippen molar-refractivity contribution < 1.29 is 9.47 Å². The second kappa shape index (κ2) is 9.40. The van der Waals surface area contributed by atoms with Crippen LogP contribution >= 0.6 is 15.9 Å². The van der Waals surface area contributed by atoms with Crippen molar-refractivity contribution in [3.05, 3.63) is 0 Å². The van der Waals surface area contributed by atoms with E-state index in [1.807, 2.05) is 0 Å². The first-order valence-electron chi connectivity index (χ1n) is 6.21.